The molecule has 0 aromatic rings. The average Bonchev–Trinajstić information content (AvgIpc) is 2.99. The van der Waals surface area contributed by atoms with E-state index in [2.05, 4.69) is 12.2 Å². The Morgan fingerprint density at radius 1 is 1.28 bits per heavy atom. The van der Waals surface area contributed by atoms with Gasteiger partial charge < -0.3 is 36.0 Å². The molecule has 2 fully saturated rings. The zero-order chi connectivity index (χ0) is 20.3. The molecule has 9 atom stereocenters. The summed E-state index contributed by atoms with van der Waals surface area (Å²) in [6, 6.07) is -1.20. The lowest BCUT2D eigenvalue weighted by atomic mass is 9.92. The summed E-state index contributed by atoms with van der Waals surface area (Å²) in [6.45, 7) is 4.48. The summed E-state index contributed by atoms with van der Waals surface area (Å²) in [6.07, 6.45) is -1.50. The summed E-state index contributed by atoms with van der Waals surface area (Å²) in [7, 11) is 1.91. The number of amides is 1. The molecule has 0 aromatic heterocycles. The summed E-state index contributed by atoms with van der Waals surface area (Å²) < 4.78 is 5.72. The molecule has 29 heavy (non-hydrogen) atoms. The van der Waals surface area contributed by atoms with E-state index in [9.17, 15) is 25.2 Å². The first kappa shape index (κ1) is 28.8. The van der Waals surface area contributed by atoms with E-state index in [4.69, 9.17) is 4.74 Å². The van der Waals surface area contributed by atoms with Crippen LogP contribution in [0.4, 0.5) is 0 Å². The number of nitrogens with zero attached hydrogens (tertiary/aromatic N) is 1. The zero-order valence-corrected chi connectivity index (χ0v) is 19.0. The monoisotopic (exact) mass is 460 g/mol. The molecule has 9 nitrogen and oxygen atoms in total. The molecular weight excluding hydrogens is 424 g/mol. The smallest absolute Gasteiger partial charge is 0.237 e. The molecule has 2 aliphatic heterocycles. The molecule has 0 aromatic carbocycles. The number of nitrogens with one attached hydrogen (secondary N) is 1. The maximum absolute atomic E-state index is 12.8. The lowest BCUT2D eigenvalue weighted by Crippen LogP contribution is -2.65. The Morgan fingerprint density at radius 2 is 1.90 bits per heavy atom. The third kappa shape index (κ3) is 6.65. The van der Waals surface area contributed by atoms with E-state index in [-0.39, 0.29) is 29.8 Å². The number of aliphatic hydroxyl groups excluding tert-OH is 4. The Hall–Kier alpha value is -0.170. The van der Waals surface area contributed by atoms with Crippen molar-refractivity contribution >= 4 is 30.1 Å². The van der Waals surface area contributed by atoms with Crippen LogP contribution in [-0.2, 0) is 9.53 Å². The fourth-order valence-electron chi connectivity index (χ4n) is 4.13. The van der Waals surface area contributed by atoms with Crippen LogP contribution in [0.3, 0.4) is 0 Å². The maximum atomic E-state index is 12.8. The Morgan fingerprint density at radius 3 is 2.41 bits per heavy atom. The van der Waals surface area contributed by atoms with Gasteiger partial charge in [0.25, 0.3) is 0 Å². The van der Waals surface area contributed by atoms with Gasteiger partial charge in [-0.2, -0.15) is 0 Å². The van der Waals surface area contributed by atoms with Gasteiger partial charge in [-0.1, -0.05) is 13.3 Å². The number of halogens is 1. The van der Waals surface area contributed by atoms with Crippen LogP contribution < -0.4 is 5.32 Å². The van der Waals surface area contributed by atoms with Gasteiger partial charge in [0, 0.05) is 6.54 Å². The second-order valence-corrected chi connectivity index (χ2v) is 8.73. The molecule has 0 spiro atoms. The van der Waals surface area contributed by atoms with E-state index in [1.54, 1.807) is 6.26 Å². The van der Waals surface area contributed by atoms with Gasteiger partial charge in [-0.05, 0) is 39.0 Å². The normalized spacial score (nSPS) is 37.2. The number of thioether (sulfide) groups is 1. The van der Waals surface area contributed by atoms with Crippen molar-refractivity contribution in [1.82, 2.24) is 10.2 Å². The summed E-state index contributed by atoms with van der Waals surface area (Å²) in [4.78, 5) is 14.9. The highest BCUT2D eigenvalue weighted by molar-refractivity contribution is 7.99. The first-order valence-electron chi connectivity index (χ1n) is 9.62. The summed E-state index contributed by atoms with van der Waals surface area (Å²) in [5.41, 5.74) is -0.755. The molecule has 0 aliphatic carbocycles. The van der Waals surface area contributed by atoms with E-state index in [1.807, 2.05) is 11.9 Å². The molecule has 0 saturated carbocycles. The maximum Gasteiger partial charge on any atom is 0.237 e. The predicted octanol–water partition coefficient (Wildman–Crippen LogP) is -1.26. The fraction of sp³-hybridized carbons (Fsp3) is 0.944. The van der Waals surface area contributed by atoms with Crippen molar-refractivity contribution in [1.29, 1.82) is 0 Å². The molecule has 2 heterocycles. The molecule has 7 N–H and O–H groups in total. The van der Waals surface area contributed by atoms with Crippen LogP contribution in [0.1, 0.15) is 33.1 Å². The van der Waals surface area contributed by atoms with Crippen LogP contribution in [0, 0.1) is 5.92 Å². The first-order chi connectivity index (χ1) is 12.7. The van der Waals surface area contributed by atoms with E-state index in [1.165, 1.54) is 18.7 Å². The summed E-state index contributed by atoms with van der Waals surface area (Å²) in [5.74, 6) is 0.245. The zero-order valence-electron chi connectivity index (χ0n) is 17.4. The Kier molecular flexibility index (Phi) is 12.6. The quantitative estimate of drug-likeness (QED) is 0.315. The highest BCUT2D eigenvalue weighted by atomic mass is 35.5. The Balaban J connectivity index is 0.00000392. The molecule has 174 valence electrons. The number of ether oxygens (including phenoxy) is 1. The van der Waals surface area contributed by atoms with E-state index >= 15 is 0 Å². The van der Waals surface area contributed by atoms with Crippen LogP contribution in [0.5, 0.6) is 0 Å². The van der Waals surface area contributed by atoms with Crippen molar-refractivity contribution in [2.75, 3.05) is 19.8 Å². The number of carbonyl (C=O) groups excluding carboxylic acids is 1. The number of rotatable bonds is 7. The van der Waals surface area contributed by atoms with Gasteiger partial charge in [-0.3, -0.25) is 9.69 Å². The average molecular weight is 461 g/mol. The molecular formula is C18H37ClN2O7S. The number of hydrogen-bond donors (Lipinski definition) is 5. The Bertz CT molecular complexity index is 503. The fourth-order valence-corrected chi connectivity index (χ4v) is 4.81. The van der Waals surface area contributed by atoms with Crippen LogP contribution in [0.15, 0.2) is 0 Å². The van der Waals surface area contributed by atoms with E-state index in [0.717, 1.165) is 25.8 Å². The van der Waals surface area contributed by atoms with Gasteiger partial charge in [0.1, 0.15) is 29.9 Å². The molecule has 0 bridgehead atoms. The van der Waals surface area contributed by atoms with Gasteiger partial charge in [-0.25, -0.2) is 0 Å². The molecule has 0 radical (unpaired) electrons. The van der Waals surface area contributed by atoms with Gasteiger partial charge >= 0.3 is 0 Å². The molecule has 2 rings (SSSR count). The van der Waals surface area contributed by atoms with E-state index in [0.29, 0.717) is 5.92 Å². The third-order valence-electron chi connectivity index (χ3n) is 5.66. The highest BCUT2D eigenvalue weighted by Gasteiger charge is 2.48. The first-order valence-corrected chi connectivity index (χ1v) is 10.9. The molecule has 2 aliphatic rings. The van der Waals surface area contributed by atoms with Crippen molar-refractivity contribution in [2.24, 2.45) is 5.92 Å². The lowest BCUT2D eigenvalue weighted by Gasteiger charge is -2.44. The van der Waals surface area contributed by atoms with Gasteiger partial charge in [0.05, 0.1) is 18.2 Å². The number of likely N-dealkylation sites (N-methyl/N-ethyl adjacent to an activating group) is 1. The van der Waals surface area contributed by atoms with E-state index < -0.39 is 42.0 Å². The van der Waals surface area contributed by atoms with Gasteiger partial charge in [-0.15, -0.1) is 24.2 Å². The SMILES string of the molecule is CCCC1CC(C(=O)NC(C(C)O)C2OC(SC)C(O)C(O)C2O)N(C)C1.Cl.O. The summed E-state index contributed by atoms with van der Waals surface area (Å²) >= 11 is 1.20. The van der Waals surface area contributed by atoms with Crippen molar-refractivity contribution in [2.45, 2.75) is 81.1 Å². The molecule has 11 heteroatoms. The molecule has 2 saturated heterocycles. The highest BCUT2D eigenvalue weighted by Crippen LogP contribution is 2.30. The van der Waals surface area contributed by atoms with Crippen LogP contribution >= 0.6 is 24.2 Å². The number of aliphatic hydroxyl groups is 4. The van der Waals surface area contributed by atoms with Gasteiger partial charge in [0.15, 0.2) is 0 Å². The van der Waals surface area contributed by atoms with Crippen molar-refractivity contribution < 1.29 is 35.4 Å². The van der Waals surface area contributed by atoms with Crippen molar-refractivity contribution in [3.05, 3.63) is 0 Å². The molecule has 1 amide bonds. The predicted molar refractivity (Wildman–Crippen MR) is 114 cm³/mol. The Labute approximate surface area is 182 Å². The summed E-state index contributed by atoms with van der Waals surface area (Å²) in [5, 5.41) is 43.5. The van der Waals surface area contributed by atoms with Crippen molar-refractivity contribution in [3.63, 3.8) is 0 Å². The van der Waals surface area contributed by atoms with Crippen LogP contribution in [0.2, 0.25) is 0 Å². The number of carbonyl (C=O) groups is 1. The van der Waals surface area contributed by atoms with Crippen molar-refractivity contribution in [3.8, 4) is 0 Å². The third-order valence-corrected chi connectivity index (χ3v) is 6.51. The minimum absolute atomic E-state index is 0. The molecule has 9 unspecified atom stereocenters. The van der Waals surface area contributed by atoms with Gasteiger partial charge in [0.2, 0.25) is 5.91 Å². The second-order valence-electron chi connectivity index (χ2n) is 7.80. The largest absolute Gasteiger partial charge is 0.412 e. The second kappa shape index (κ2) is 12.6. The topological polar surface area (TPSA) is 154 Å². The van der Waals surface area contributed by atoms with Crippen LogP contribution in [-0.4, -0.2) is 105 Å². The minimum Gasteiger partial charge on any atom is -0.412 e. The number of likely N-dealkylation sites (tertiary alicyclic amines) is 1. The minimum atomic E-state index is -1.42. The van der Waals surface area contributed by atoms with Crippen LogP contribution in [0.25, 0.3) is 0 Å². The lowest BCUT2D eigenvalue weighted by molar-refractivity contribution is -0.211. The standard InChI is InChI=1S/C18H34N2O6S.ClH.H2O/c1-5-6-10-7-11(20(3)8-10)17(25)19-12(9(2)21)16-14(23)13(22)15(24)18(26-16)27-4;;/h9-16,18,21-24H,5-8H2,1-4H3,(H,19,25);1H;1H2. The number of hydrogen-bond acceptors (Lipinski definition) is 8.